The monoisotopic (exact) mass is 373 g/mol. The van der Waals surface area contributed by atoms with Crippen molar-refractivity contribution in [1.82, 2.24) is 0 Å². The van der Waals surface area contributed by atoms with Gasteiger partial charge in [0.2, 0.25) is 0 Å². The summed E-state index contributed by atoms with van der Waals surface area (Å²) in [6, 6.07) is 29.3. The summed E-state index contributed by atoms with van der Waals surface area (Å²) in [5.74, 6) is -0.557. The zero-order chi connectivity index (χ0) is 19.5. The molecule has 136 valence electrons. The molecule has 1 heterocycles. The molecule has 0 aromatic heterocycles. The first-order valence-electron chi connectivity index (χ1n) is 9.54. The minimum atomic E-state index is -0.278. The smallest absolute Gasteiger partial charge is 0.265 e. The molecule has 0 unspecified atom stereocenters. The maximum atomic E-state index is 13.3. The van der Waals surface area contributed by atoms with Crippen molar-refractivity contribution in [1.29, 1.82) is 0 Å². The average Bonchev–Trinajstić information content (AvgIpc) is 2.76. The van der Waals surface area contributed by atoms with E-state index in [1.54, 1.807) is 12.1 Å². The van der Waals surface area contributed by atoms with Crippen molar-refractivity contribution in [3.8, 4) is 0 Å². The number of rotatable bonds is 1. The van der Waals surface area contributed by atoms with Crippen LogP contribution in [0.25, 0.3) is 32.3 Å². The lowest BCUT2D eigenvalue weighted by Gasteiger charge is -2.27. The van der Waals surface area contributed by atoms with Crippen molar-refractivity contribution < 1.29 is 9.59 Å². The van der Waals surface area contributed by atoms with Gasteiger partial charge in [-0.05, 0) is 63.3 Å². The highest BCUT2D eigenvalue weighted by Crippen LogP contribution is 2.34. The lowest BCUT2D eigenvalue weighted by Crippen LogP contribution is -2.40. The summed E-state index contributed by atoms with van der Waals surface area (Å²) in [6.45, 7) is 0. The van der Waals surface area contributed by atoms with Crippen molar-refractivity contribution in [3.05, 3.63) is 102 Å². The largest absolute Gasteiger partial charge is 0.268 e. The van der Waals surface area contributed by atoms with E-state index in [1.165, 1.54) is 10.3 Å². The molecule has 5 aromatic carbocycles. The Morgan fingerprint density at radius 1 is 0.483 bits per heavy atom. The Hall–Kier alpha value is -3.98. The second kappa shape index (κ2) is 5.76. The van der Waals surface area contributed by atoms with Crippen LogP contribution in [0.5, 0.6) is 0 Å². The van der Waals surface area contributed by atoms with Crippen LogP contribution in [0, 0.1) is 0 Å². The molecule has 5 aromatic rings. The number of carbonyl (C=O) groups excluding carboxylic acids is 2. The van der Waals surface area contributed by atoms with Crippen LogP contribution in [0.3, 0.4) is 0 Å². The molecule has 1 aliphatic heterocycles. The fourth-order valence-electron chi connectivity index (χ4n) is 4.33. The van der Waals surface area contributed by atoms with Gasteiger partial charge in [0.1, 0.15) is 0 Å². The number of benzene rings is 5. The minimum absolute atomic E-state index is 0.278. The fourth-order valence-corrected chi connectivity index (χ4v) is 4.33. The van der Waals surface area contributed by atoms with E-state index in [9.17, 15) is 9.59 Å². The zero-order valence-electron chi connectivity index (χ0n) is 15.4. The molecule has 1 aliphatic rings. The Balaban J connectivity index is 1.56. The van der Waals surface area contributed by atoms with Crippen LogP contribution >= 0.6 is 0 Å². The quantitative estimate of drug-likeness (QED) is 0.269. The van der Waals surface area contributed by atoms with Crippen LogP contribution in [-0.2, 0) is 0 Å². The Morgan fingerprint density at radius 3 is 1.69 bits per heavy atom. The van der Waals surface area contributed by atoms with E-state index in [0.717, 1.165) is 26.9 Å². The standard InChI is InChI=1S/C26H15NO2/c28-25-22-9-3-7-16-8-4-10-23(24(16)22)26(29)27(25)21-12-11-19-13-17-5-1-2-6-18(17)14-20(19)15-21/h1-15H. The van der Waals surface area contributed by atoms with Gasteiger partial charge in [-0.2, -0.15) is 0 Å². The molecule has 0 aliphatic carbocycles. The molecule has 0 saturated heterocycles. The molecule has 0 radical (unpaired) electrons. The summed E-state index contributed by atoms with van der Waals surface area (Å²) in [7, 11) is 0. The maximum absolute atomic E-state index is 13.3. The van der Waals surface area contributed by atoms with E-state index >= 15 is 0 Å². The predicted molar refractivity (Wildman–Crippen MR) is 117 cm³/mol. The van der Waals surface area contributed by atoms with Gasteiger partial charge in [-0.1, -0.05) is 54.6 Å². The SMILES string of the molecule is O=C1c2cccc3cccc(c23)C(=O)N1c1ccc2cc3ccccc3cc2c1. The number of hydrogen-bond acceptors (Lipinski definition) is 2. The van der Waals surface area contributed by atoms with Crippen LogP contribution in [0.2, 0.25) is 0 Å². The third-order valence-electron chi connectivity index (χ3n) is 5.72. The highest BCUT2D eigenvalue weighted by molar-refractivity contribution is 6.36. The molecule has 0 bridgehead atoms. The topological polar surface area (TPSA) is 37.4 Å². The van der Waals surface area contributed by atoms with Crippen LogP contribution in [0.4, 0.5) is 5.69 Å². The Morgan fingerprint density at radius 2 is 1.03 bits per heavy atom. The number of anilines is 1. The first-order chi connectivity index (χ1) is 14.2. The van der Waals surface area contributed by atoms with Crippen molar-refractivity contribution in [2.24, 2.45) is 0 Å². The first kappa shape index (κ1) is 16.0. The van der Waals surface area contributed by atoms with Crippen molar-refractivity contribution >= 4 is 49.8 Å². The molecule has 0 spiro atoms. The van der Waals surface area contributed by atoms with Gasteiger partial charge in [-0.3, -0.25) is 9.59 Å². The van der Waals surface area contributed by atoms with E-state index in [0.29, 0.717) is 16.8 Å². The Bertz CT molecular complexity index is 1450. The normalized spacial score (nSPS) is 13.6. The summed E-state index contributed by atoms with van der Waals surface area (Å²) in [6.07, 6.45) is 0. The van der Waals surface area contributed by atoms with E-state index in [-0.39, 0.29) is 11.8 Å². The number of nitrogens with zero attached hydrogens (tertiary/aromatic N) is 1. The van der Waals surface area contributed by atoms with Gasteiger partial charge in [-0.15, -0.1) is 0 Å². The van der Waals surface area contributed by atoms with Gasteiger partial charge >= 0.3 is 0 Å². The number of imide groups is 1. The number of amides is 2. The second-order valence-corrected chi connectivity index (χ2v) is 7.39. The van der Waals surface area contributed by atoms with E-state index < -0.39 is 0 Å². The fraction of sp³-hybridized carbons (Fsp3) is 0. The van der Waals surface area contributed by atoms with Crippen LogP contribution in [0.15, 0.2) is 91.0 Å². The Kier molecular flexibility index (Phi) is 3.18. The molecule has 0 saturated carbocycles. The second-order valence-electron chi connectivity index (χ2n) is 7.39. The molecule has 0 N–H and O–H groups in total. The third kappa shape index (κ3) is 2.25. The molecule has 0 atom stereocenters. The average molecular weight is 373 g/mol. The molecule has 6 rings (SSSR count). The molecule has 0 fully saturated rings. The first-order valence-corrected chi connectivity index (χ1v) is 9.54. The van der Waals surface area contributed by atoms with E-state index in [2.05, 4.69) is 24.3 Å². The van der Waals surface area contributed by atoms with Gasteiger partial charge in [-0.25, -0.2) is 4.90 Å². The highest BCUT2D eigenvalue weighted by atomic mass is 16.2. The summed E-state index contributed by atoms with van der Waals surface area (Å²) < 4.78 is 0. The third-order valence-corrected chi connectivity index (χ3v) is 5.72. The van der Waals surface area contributed by atoms with Gasteiger partial charge in [0, 0.05) is 16.5 Å². The van der Waals surface area contributed by atoms with Gasteiger partial charge in [0.05, 0.1) is 5.69 Å². The van der Waals surface area contributed by atoms with Crippen molar-refractivity contribution in [2.45, 2.75) is 0 Å². The zero-order valence-corrected chi connectivity index (χ0v) is 15.4. The van der Waals surface area contributed by atoms with Gasteiger partial charge < -0.3 is 0 Å². The van der Waals surface area contributed by atoms with Gasteiger partial charge in [0.25, 0.3) is 11.8 Å². The summed E-state index contributed by atoms with van der Waals surface area (Å²) in [4.78, 5) is 27.8. The summed E-state index contributed by atoms with van der Waals surface area (Å²) in [5, 5.41) is 6.02. The molecule has 29 heavy (non-hydrogen) atoms. The number of fused-ring (bicyclic) bond motifs is 2. The van der Waals surface area contributed by atoms with Crippen LogP contribution in [0.1, 0.15) is 20.7 Å². The van der Waals surface area contributed by atoms with E-state index in [1.807, 2.05) is 54.6 Å². The van der Waals surface area contributed by atoms with Crippen LogP contribution < -0.4 is 4.90 Å². The number of hydrogen-bond donors (Lipinski definition) is 0. The number of carbonyl (C=O) groups is 2. The Labute approximate surface area is 166 Å². The molecule has 3 nitrogen and oxygen atoms in total. The summed E-state index contributed by atoms with van der Waals surface area (Å²) in [5.41, 5.74) is 1.72. The molecular formula is C26H15NO2. The van der Waals surface area contributed by atoms with Crippen molar-refractivity contribution in [3.63, 3.8) is 0 Å². The maximum Gasteiger partial charge on any atom is 0.265 e. The molecule has 3 heteroatoms. The van der Waals surface area contributed by atoms with Gasteiger partial charge in [0.15, 0.2) is 0 Å². The minimum Gasteiger partial charge on any atom is -0.268 e. The molecular weight excluding hydrogens is 358 g/mol. The highest BCUT2D eigenvalue weighted by Gasteiger charge is 2.33. The van der Waals surface area contributed by atoms with Crippen LogP contribution in [-0.4, -0.2) is 11.8 Å². The van der Waals surface area contributed by atoms with Crippen molar-refractivity contribution in [2.75, 3.05) is 4.90 Å². The predicted octanol–water partition coefficient (Wildman–Crippen LogP) is 5.95. The summed E-state index contributed by atoms with van der Waals surface area (Å²) >= 11 is 0. The lowest BCUT2D eigenvalue weighted by atomic mass is 9.93. The lowest BCUT2D eigenvalue weighted by molar-refractivity contribution is 0.0893. The van der Waals surface area contributed by atoms with E-state index in [4.69, 9.17) is 0 Å². The molecule has 2 amide bonds.